The van der Waals surface area contributed by atoms with Crippen molar-refractivity contribution in [1.29, 1.82) is 0 Å². The Hall–Kier alpha value is -5.20. The summed E-state index contributed by atoms with van der Waals surface area (Å²) in [5.41, 5.74) is 5.24. The van der Waals surface area contributed by atoms with Crippen LogP contribution in [-0.2, 0) is 40.1 Å². The van der Waals surface area contributed by atoms with Crippen LogP contribution in [0.15, 0.2) is 60.7 Å². The molecule has 4 aromatic rings. The van der Waals surface area contributed by atoms with E-state index in [1.807, 2.05) is 23.1 Å². The maximum Gasteiger partial charge on any atom is 0.282 e. The molecule has 62 heavy (non-hydrogen) atoms. The first-order chi connectivity index (χ1) is 30.2. The van der Waals surface area contributed by atoms with Crippen LogP contribution in [0.1, 0.15) is 28.9 Å². The zero-order chi connectivity index (χ0) is 42.9. The molecular formula is C41H50F2N8O11. The molecule has 0 bridgehead atoms. The number of fused-ring (bicyclic) bond motifs is 2. The van der Waals surface area contributed by atoms with E-state index in [2.05, 4.69) is 26.2 Å². The van der Waals surface area contributed by atoms with Gasteiger partial charge in [0.05, 0.1) is 63.7 Å². The number of amides is 2. The average molecular weight is 869 g/mol. The van der Waals surface area contributed by atoms with Crippen LogP contribution < -0.4 is 31.0 Å². The minimum absolute atomic E-state index is 0.0341. The highest BCUT2D eigenvalue weighted by Gasteiger charge is 2.45. The molecule has 3 fully saturated rings. The van der Waals surface area contributed by atoms with Crippen molar-refractivity contribution in [2.24, 2.45) is 0 Å². The summed E-state index contributed by atoms with van der Waals surface area (Å²) in [6, 6.07) is 15.7. The number of hydrogen-bond acceptors (Lipinski definition) is 16. The lowest BCUT2D eigenvalue weighted by molar-refractivity contribution is -0.376. The topological polar surface area (TPSA) is 193 Å². The van der Waals surface area contributed by atoms with Gasteiger partial charge in [0.15, 0.2) is 11.5 Å². The van der Waals surface area contributed by atoms with Crippen LogP contribution >= 0.6 is 0 Å². The van der Waals surface area contributed by atoms with Crippen LogP contribution in [0, 0.1) is 11.6 Å². The van der Waals surface area contributed by atoms with Crippen molar-refractivity contribution >= 4 is 34.1 Å². The van der Waals surface area contributed by atoms with Gasteiger partial charge in [0.2, 0.25) is 6.23 Å². The Kier molecular flexibility index (Phi) is 14.2. The van der Waals surface area contributed by atoms with Gasteiger partial charge in [-0.3, -0.25) is 29.2 Å². The second-order valence-electron chi connectivity index (χ2n) is 15.0. The number of benzene rings is 3. The number of nitrogens with one attached hydrogen (secondary N) is 4. The van der Waals surface area contributed by atoms with E-state index >= 15 is 0 Å². The largest absolute Gasteiger partial charge is 0.383 e. The fourth-order valence-electron chi connectivity index (χ4n) is 7.23. The van der Waals surface area contributed by atoms with Crippen LogP contribution in [0.5, 0.6) is 11.5 Å². The molecule has 0 radical (unpaired) electrons. The van der Waals surface area contributed by atoms with E-state index in [9.17, 15) is 23.5 Å². The summed E-state index contributed by atoms with van der Waals surface area (Å²) in [4.78, 5) is 60.8. The highest BCUT2D eigenvalue weighted by Crippen LogP contribution is 2.38. The number of ether oxygens (including phenoxy) is 3. The molecule has 5 heterocycles. The Morgan fingerprint density at radius 3 is 2.39 bits per heavy atom. The van der Waals surface area contributed by atoms with Crippen LogP contribution in [0.25, 0.3) is 10.9 Å². The van der Waals surface area contributed by atoms with Crippen LogP contribution in [0.4, 0.5) is 20.2 Å². The van der Waals surface area contributed by atoms with E-state index in [0.717, 1.165) is 54.4 Å². The monoisotopic (exact) mass is 868 g/mol. The fourth-order valence-corrected chi connectivity index (χ4v) is 7.23. The zero-order valence-corrected chi connectivity index (χ0v) is 33.9. The van der Waals surface area contributed by atoms with Gasteiger partial charge in [-0.1, -0.05) is 5.64 Å². The predicted molar refractivity (Wildman–Crippen MR) is 216 cm³/mol. The Morgan fingerprint density at radius 1 is 0.855 bits per heavy atom. The summed E-state index contributed by atoms with van der Waals surface area (Å²) >= 11 is 0. The normalized spacial score (nSPS) is 20.6. The summed E-state index contributed by atoms with van der Waals surface area (Å²) in [7, 11) is 0. The number of halogens is 2. The predicted octanol–water partition coefficient (Wildman–Crippen LogP) is 2.60. The quantitative estimate of drug-likeness (QED) is 0.0864. The number of piperazine rings is 1. The van der Waals surface area contributed by atoms with Crippen molar-refractivity contribution in [2.75, 3.05) is 102 Å². The number of aromatic nitrogens is 1. The molecule has 5 N–H and O–H groups in total. The Balaban J connectivity index is 0.662. The lowest BCUT2D eigenvalue weighted by Crippen LogP contribution is -2.49. The Labute approximate surface area is 355 Å². The van der Waals surface area contributed by atoms with Gasteiger partial charge in [-0.05, 0) is 54.1 Å². The number of H-pyrrole nitrogens is 1. The molecule has 19 nitrogen and oxygen atoms in total. The molecule has 2 amide bonds. The highest BCUT2D eigenvalue weighted by molar-refractivity contribution is 5.98. The number of carbonyl (C=O) groups is 2. The minimum atomic E-state index is -2.16. The molecule has 1 aromatic heterocycles. The number of hydroxylamine groups is 3. The number of aliphatic hydroxyl groups is 1. The molecule has 1 unspecified atom stereocenters. The van der Waals surface area contributed by atoms with Crippen LogP contribution in [0.3, 0.4) is 0 Å². The molecule has 4 aliphatic heterocycles. The van der Waals surface area contributed by atoms with E-state index in [1.54, 1.807) is 24.3 Å². The smallest absolute Gasteiger partial charge is 0.282 e. The Morgan fingerprint density at radius 2 is 1.61 bits per heavy atom. The lowest BCUT2D eigenvalue weighted by Gasteiger charge is -2.34. The van der Waals surface area contributed by atoms with Crippen molar-refractivity contribution in [2.45, 2.75) is 31.4 Å². The van der Waals surface area contributed by atoms with Gasteiger partial charge in [-0.15, -0.1) is 0 Å². The summed E-state index contributed by atoms with van der Waals surface area (Å²) in [5.74, 6) is -3.45. The molecule has 0 aliphatic carbocycles. The summed E-state index contributed by atoms with van der Waals surface area (Å²) in [6.07, 6.45) is 0.122. The molecule has 0 spiro atoms. The molecule has 8 rings (SSSR count). The van der Waals surface area contributed by atoms with Gasteiger partial charge in [0.1, 0.15) is 17.3 Å². The van der Waals surface area contributed by atoms with Gasteiger partial charge in [0, 0.05) is 87.4 Å². The number of hydrogen-bond donors (Lipinski definition) is 5. The first-order valence-corrected chi connectivity index (χ1v) is 20.5. The van der Waals surface area contributed by atoms with Crippen molar-refractivity contribution in [1.82, 2.24) is 31.0 Å². The van der Waals surface area contributed by atoms with Crippen LogP contribution in [0.2, 0.25) is 0 Å². The standard InChI is InChI=1S/C41H50F2N8O11/c42-30-21-28(22-31(43)25-30)27-45-40(53)41(54)6-8-50(62-41)33-2-3-34-29(23-33)24-35(46-34)39(52)49-11-9-48(10-12-49)13-16-56-18-20-57-19-17-55-15-7-44-32-1-4-36-37(26-32)61-51(60-36)38-5-14-58-47-59-38/h1-4,21-26,38,44,46-47,54H,5-20,27H2,(H,45,53)/t38?,41-/m0/s1. The third-order valence-corrected chi connectivity index (χ3v) is 10.6. The molecule has 334 valence electrons. The molecule has 3 aromatic carbocycles. The maximum atomic E-state index is 13.5. The van der Waals surface area contributed by atoms with E-state index in [0.29, 0.717) is 95.2 Å². The molecule has 0 saturated carbocycles. The van der Waals surface area contributed by atoms with E-state index in [4.69, 9.17) is 38.4 Å². The van der Waals surface area contributed by atoms with Crippen molar-refractivity contribution in [3.05, 3.63) is 83.6 Å². The van der Waals surface area contributed by atoms with E-state index < -0.39 is 29.6 Å². The second-order valence-corrected chi connectivity index (χ2v) is 15.0. The zero-order valence-electron chi connectivity index (χ0n) is 33.9. The third-order valence-electron chi connectivity index (χ3n) is 10.6. The fraction of sp³-hybridized carbons (Fsp3) is 0.463. The summed E-state index contributed by atoms with van der Waals surface area (Å²) < 4.78 is 44.2. The number of nitrogens with zero attached hydrogens (tertiary/aromatic N) is 4. The maximum absolute atomic E-state index is 13.5. The number of anilines is 2. The molecule has 3 saturated heterocycles. The van der Waals surface area contributed by atoms with Gasteiger partial charge in [-0.2, -0.15) is 0 Å². The first-order valence-electron chi connectivity index (χ1n) is 20.5. The molecule has 2 atom stereocenters. The second kappa shape index (κ2) is 20.3. The highest BCUT2D eigenvalue weighted by atomic mass is 19.1. The van der Waals surface area contributed by atoms with Crippen molar-refractivity contribution in [3.8, 4) is 11.5 Å². The number of rotatable bonds is 19. The molecule has 21 heteroatoms. The minimum Gasteiger partial charge on any atom is -0.383 e. The first kappa shape index (κ1) is 43.4. The molecule has 4 aliphatic rings. The van der Waals surface area contributed by atoms with Gasteiger partial charge in [-0.25, -0.2) is 13.6 Å². The van der Waals surface area contributed by atoms with Crippen molar-refractivity contribution in [3.63, 3.8) is 0 Å². The summed E-state index contributed by atoms with van der Waals surface area (Å²) in [5, 5.41) is 20.2. The number of aromatic amines is 1. The van der Waals surface area contributed by atoms with Crippen molar-refractivity contribution < 1.29 is 61.9 Å². The summed E-state index contributed by atoms with van der Waals surface area (Å²) in [6.45, 7) is 7.38. The average Bonchev–Trinajstić information content (AvgIpc) is 4.03. The lowest BCUT2D eigenvalue weighted by atomic mass is 10.1. The van der Waals surface area contributed by atoms with Gasteiger partial charge in [0.25, 0.3) is 17.6 Å². The Bertz CT molecular complexity index is 2130. The number of carbonyl (C=O) groups excluding carboxylic acids is 2. The molecular weight excluding hydrogens is 818 g/mol. The van der Waals surface area contributed by atoms with Gasteiger partial charge < -0.3 is 49.5 Å². The SMILES string of the molecule is O=C(c1cc2cc(N3CC[C@@](O)(C(=O)NCc4cc(F)cc(F)c4)O3)ccc2[nH]1)N1CCN(CCOCCOCCOCCNc2ccc3c(c2)ON(C2CCONO2)O3)CC1. The van der Waals surface area contributed by atoms with E-state index in [1.165, 1.54) is 10.3 Å². The van der Waals surface area contributed by atoms with Crippen LogP contribution in [-0.4, -0.2) is 141 Å². The van der Waals surface area contributed by atoms with Gasteiger partial charge >= 0.3 is 0 Å². The van der Waals surface area contributed by atoms with E-state index in [-0.39, 0.29) is 31.0 Å². The third kappa shape index (κ3) is 11.1.